The molecule has 8 rings (SSSR count). The van der Waals surface area contributed by atoms with E-state index < -0.39 is 76.2 Å². The van der Waals surface area contributed by atoms with Gasteiger partial charge >= 0.3 is 6.03 Å². The standard InChI is InChI=1S/C35H29ClFN5O6S/c1-14-19-11-15(36)7-10-24(19)49-29(14)23-13-25(40(3)39-23)41-31(45)21-12-20-16(8-9-17-26(20)32(46)42(30(17)44)34(38)48)27(35(21,2)33(41)47)18-5-4-6-22(37)28(18)43/h4-8,10-11,13,17,20-21,26-27,43H,9,12H2,1-3H3,(H2,38,48)/t17-,20+,21-,26-,27+,35+/m0/s1. The number of likely N-dealkylation sites (tertiary alicyclic amines) is 1. The van der Waals surface area contributed by atoms with Gasteiger partial charge in [-0.3, -0.25) is 23.9 Å². The molecule has 2 aromatic heterocycles. The number of amides is 6. The van der Waals surface area contributed by atoms with Crippen molar-refractivity contribution in [3.63, 3.8) is 0 Å². The first-order chi connectivity index (χ1) is 23.2. The summed E-state index contributed by atoms with van der Waals surface area (Å²) in [7, 11) is 1.63. The van der Waals surface area contributed by atoms with E-state index in [-0.39, 0.29) is 24.2 Å². The maximum atomic E-state index is 15.0. The van der Waals surface area contributed by atoms with Crippen molar-refractivity contribution in [1.82, 2.24) is 14.7 Å². The number of aryl methyl sites for hydroxylation is 2. The first-order valence-electron chi connectivity index (χ1n) is 15.7. The number of phenolic OH excluding ortho intramolecular Hbond substituents is 1. The molecule has 6 amide bonds. The molecule has 4 heterocycles. The molecule has 49 heavy (non-hydrogen) atoms. The Balaban J connectivity index is 1.27. The van der Waals surface area contributed by atoms with Crippen LogP contribution < -0.4 is 10.6 Å². The molecule has 11 nitrogen and oxygen atoms in total. The van der Waals surface area contributed by atoms with Crippen LogP contribution in [0.2, 0.25) is 5.02 Å². The number of hydrogen-bond acceptors (Lipinski definition) is 8. The maximum Gasteiger partial charge on any atom is 0.328 e. The fraction of sp³-hybridized carbons (Fsp3) is 0.314. The second-order valence-electron chi connectivity index (χ2n) is 13.4. The van der Waals surface area contributed by atoms with Crippen LogP contribution in [0.3, 0.4) is 0 Å². The molecule has 2 saturated heterocycles. The number of carbonyl (C=O) groups is 5. The van der Waals surface area contributed by atoms with Crippen LogP contribution in [0, 0.1) is 41.8 Å². The number of phenols is 1. The van der Waals surface area contributed by atoms with Crippen molar-refractivity contribution in [2.75, 3.05) is 4.90 Å². The van der Waals surface area contributed by atoms with Crippen LogP contribution >= 0.6 is 22.9 Å². The van der Waals surface area contributed by atoms with E-state index in [0.717, 1.165) is 31.5 Å². The Bertz CT molecular complexity index is 2250. The van der Waals surface area contributed by atoms with Crippen molar-refractivity contribution in [3.05, 3.63) is 76.1 Å². The van der Waals surface area contributed by atoms with Crippen LogP contribution in [-0.4, -0.2) is 49.4 Å². The highest BCUT2D eigenvalue weighted by atomic mass is 35.5. The van der Waals surface area contributed by atoms with E-state index in [1.54, 1.807) is 32.2 Å². The third-order valence-electron chi connectivity index (χ3n) is 11.0. The molecule has 4 aromatic rings. The summed E-state index contributed by atoms with van der Waals surface area (Å²) in [6.07, 6.45) is 1.80. The van der Waals surface area contributed by atoms with Crippen LogP contribution in [0.4, 0.5) is 15.0 Å². The van der Waals surface area contributed by atoms with Crippen LogP contribution in [0.1, 0.15) is 36.8 Å². The average molecular weight is 702 g/mol. The average Bonchev–Trinajstić information content (AvgIpc) is 3.72. The zero-order chi connectivity index (χ0) is 34.8. The number of rotatable bonds is 3. The van der Waals surface area contributed by atoms with Crippen molar-refractivity contribution in [2.45, 2.75) is 32.6 Å². The molecule has 0 bridgehead atoms. The molecule has 0 unspecified atom stereocenters. The number of hydrogen-bond donors (Lipinski definition) is 2. The van der Waals surface area contributed by atoms with Gasteiger partial charge in [-0.25, -0.2) is 14.1 Å². The fourth-order valence-electron chi connectivity index (χ4n) is 8.78. The van der Waals surface area contributed by atoms with Gasteiger partial charge in [0.2, 0.25) is 23.6 Å². The lowest BCUT2D eigenvalue weighted by Crippen LogP contribution is -2.49. The Hall–Kier alpha value is -4.88. The highest BCUT2D eigenvalue weighted by molar-refractivity contribution is 7.22. The van der Waals surface area contributed by atoms with E-state index in [9.17, 15) is 33.5 Å². The van der Waals surface area contributed by atoms with Crippen molar-refractivity contribution < 1.29 is 33.5 Å². The number of nitrogens with zero attached hydrogens (tertiary/aromatic N) is 4. The number of primary amides is 1. The Morgan fingerprint density at radius 3 is 2.59 bits per heavy atom. The summed E-state index contributed by atoms with van der Waals surface area (Å²) < 4.78 is 17.4. The second kappa shape index (κ2) is 10.6. The van der Waals surface area contributed by atoms with Gasteiger partial charge in [0.1, 0.15) is 11.5 Å². The minimum Gasteiger partial charge on any atom is -0.505 e. The van der Waals surface area contributed by atoms with Gasteiger partial charge in [-0.1, -0.05) is 35.4 Å². The van der Waals surface area contributed by atoms with E-state index in [2.05, 4.69) is 0 Å². The fourth-order valence-corrected chi connectivity index (χ4v) is 10.1. The van der Waals surface area contributed by atoms with Gasteiger partial charge < -0.3 is 10.8 Å². The van der Waals surface area contributed by atoms with Gasteiger partial charge in [-0.05, 0) is 67.8 Å². The zero-order valence-corrected chi connectivity index (χ0v) is 28.0. The number of anilines is 1. The van der Waals surface area contributed by atoms with Gasteiger partial charge in [0.15, 0.2) is 11.6 Å². The van der Waals surface area contributed by atoms with E-state index in [1.807, 2.05) is 19.1 Å². The predicted molar refractivity (Wildman–Crippen MR) is 178 cm³/mol. The number of allylic oxidation sites excluding steroid dienone is 2. The molecular formula is C35H29ClFN5O6S. The number of fused-ring (bicyclic) bond motifs is 5. The molecule has 0 spiro atoms. The SMILES string of the molecule is Cc1c(-c2cc(N3C(=O)[C@@H]4C[C@@H]5C(=CC[C@@H]6C(=O)N(C(N)=O)C(=O)[C@@H]65)[C@H](c5cccc(F)c5O)[C@]4(C)C3=O)n(C)n2)sc2ccc(Cl)cc12. The van der Waals surface area contributed by atoms with Gasteiger partial charge in [-0.2, -0.15) is 10.00 Å². The number of carbonyl (C=O) groups excluding carboxylic acids is 5. The Morgan fingerprint density at radius 2 is 1.86 bits per heavy atom. The zero-order valence-electron chi connectivity index (χ0n) is 26.4. The third-order valence-corrected chi connectivity index (χ3v) is 12.6. The molecule has 250 valence electrons. The molecule has 2 aliphatic carbocycles. The van der Waals surface area contributed by atoms with Crippen molar-refractivity contribution >= 4 is 68.5 Å². The lowest BCUT2D eigenvalue weighted by molar-refractivity contribution is -0.136. The topological polar surface area (TPSA) is 156 Å². The van der Waals surface area contributed by atoms with Crippen LogP contribution in [0.25, 0.3) is 20.7 Å². The molecule has 2 aromatic carbocycles. The van der Waals surface area contributed by atoms with Gasteiger partial charge in [0.25, 0.3) is 0 Å². The number of para-hydroxylation sites is 1. The molecule has 0 radical (unpaired) electrons. The highest BCUT2D eigenvalue weighted by Crippen LogP contribution is 2.64. The molecule has 4 aliphatic rings. The second-order valence-corrected chi connectivity index (χ2v) is 14.9. The van der Waals surface area contributed by atoms with Crippen LogP contribution in [0.5, 0.6) is 5.75 Å². The molecule has 3 fully saturated rings. The van der Waals surface area contributed by atoms with Gasteiger partial charge in [0.05, 0.1) is 28.0 Å². The van der Waals surface area contributed by atoms with Gasteiger partial charge in [-0.15, -0.1) is 11.3 Å². The largest absolute Gasteiger partial charge is 0.505 e. The third kappa shape index (κ3) is 4.11. The summed E-state index contributed by atoms with van der Waals surface area (Å²) in [5.74, 6) is -8.72. The minimum atomic E-state index is -1.53. The van der Waals surface area contributed by atoms with Crippen molar-refractivity contribution in [3.8, 4) is 16.3 Å². The number of nitrogens with two attached hydrogens (primary N) is 1. The molecule has 6 atom stereocenters. The highest BCUT2D eigenvalue weighted by Gasteiger charge is 2.68. The number of urea groups is 1. The summed E-state index contributed by atoms with van der Waals surface area (Å²) in [6, 6.07) is 10.1. The number of imide groups is 4. The van der Waals surface area contributed by atoms with E-state index in [4.69, 9.17) is 22.4 Å². The smallest absolute Gasteiger partial charge is 0.328 e. The predicted octanol–water partition coefficient (Wildman–Crippen LogP) is 5.42. The first-order valence-corrected chi connectivity index (χ1v) is 16.9. The van der Waals surface area contributed by atoms with Crippen molar-refractivity contribution in [2.24, 2.45) is 41.9 Å². The normalized spacial score (nSPS) is 27.9. The van der Waals surface area contributed by atoms with E-state index in [1.165, 1.54) is 28.2 Å². The summed E-state index contributed by atoms with van der Waals surface area (Å²) in [4.78, 5) is 70.7. The number of thiophene rings is 1. The number of aromatic nitrogens is 2. The Kier molecular flexibility index (Phi) is 6.76. The molecule has 1 saturated carbocycles. The summed E-state index contributed by atoms with van der Waals surface area (Å²) in [5.41, 5.74) is 5.99. The Labute approximate surface area is 287 Å². The quantitative estimate of drug-likeness (QED) is 0.214. The van der Waals surface area contributed by atoms with E-state index in [0.29, 0.717) is 21.2 Å². The molecule has 3 N–H and O–H groups in total. The summed E-state index contributed by atoms with van der Waals surface area (Å²) >= 11 is 7.76. The number of halogens is 2. The summed E-state index contributed by atoms with van der Waals surface area (Å²) in [6.45, 7) is 3.58. The lowest BCUT2D eigenvalue weighted by Gasteiger charge is -2.49. The molecule has 2 aliphatic heterocycles. The van der Waals surface area contributed by atoms with Crippen LogP contribution in [0.15, 0.2) is 54.1 Å². The summed E-state index contributed by atoms with van der Waals surface area (Å²) in [5, 5.41) is 17.3. The van der Waals surface area contributed by atoms with Crippen LogP contribution in [-0.2, 0) is 26.2 Å². The number of benzene rings is 2. The Morgan fingerprint density at radius 1 is 1.10 bits per heavy atom. The molecular weight excluding hydrogens is 673 g/mol. The van der Waals surface area contributed by atoms with E-state index >= 15 is 0 Å². The van der Waals surface area contributed by atoms with Crippen molar-refractivity contribution in [1.29, 1.82) is 0 Å². The number of aromatic hydroxyl groups is 1. The minimum absolute atomic E-state index is 0.00363. The monoisotopic (exact) mass is 701 g/mol. The maximum absolute atomic E-state index is 15.0. The van der Waals surface area contributed by atoms with Gasteiger partial charge in [0, 0.05) is 34.3 Å². The molecule has 14 heteroatoms. The lowest BCUT2D eigenvalue weighted by atomic mass is 9.51. The first kappa shape index (κ1) is 31.4.